The van der Waals surface area contributed by atoms with Crippen molar-refractivity contribution < 1.29 is 19.2 Å². The normalized spacial score (nSPS) is 18.5. The van der Waals surface area contributed by atoms with Crippen LogP contribution in [-0.4, -0.2) is 60.7 Å². The van der Waals surface area contributed by atoms with Crippen molar-refractivity contribution in [1.29, 1.82) is 0 Å². The van der Waals surface area contributed by atoms with Gasteiger partial charge in [0.15, 0.2) is 0 Å². The number of piperidine rings is 1. The Morgan fingerprint density at radius 2 is 1.80 bits per heavy atom. The minimum atomic E-state index is -0.515. The van der Waals surface area contributed by atoms with Gasteiger partial charge < -0.3 is 20.9 Å². The molecule has 1 aromatic carbocycles. The second kappa shape index (κ2) is 10.1. The molecule has 4 amide bonds. The lowest BCUT2D eigenvalue weighted by Gasteiger charge is -2.32. The lowest BCUT2D eigenvalue weighted by atomic mass is 9.97. The van der Waals surface area contributed by atoms with E-state index in [2.05, 4.69) is 16.0 Å². The molecule has 0 radical (unpaired) electrons. The third-order valence-corrected chi connectivity index (χ3v) is 5.64. The second-order valence-corrected chi connectivity index (χ2v) is 8.39. The van der Waals surface area contributed by atoms with E-state index in [9.17, 15) is 19.2 Å². The summed E-state index contributed by atoms with van der Waals surface area (Å²) in [5.74, 6) is -1.47. The molecule has 0 spiro atoms. The van der Waals surface area contributed by atoms with E-state index in [0.717, 1.165) is 25.7 Å². The first-order chi connectivity index (χ1) is 14.3. The highest BCUT2D eigenvalue weighted by atomic mass is 35.5. The molecule has 10 heteroatoms. The van der Waals surface area contributed by atoms with Crippen molar-refractivity contribution >= 4 is 46.8 Å². The van der Waals surface area contributed by atoms with E-state index < -0.39 is 11.8 Å². The fraction of sp³-hybridized carbons (Fsp3) is 0.500. The fourth-order valence-electron chi connectivity index (χ4n) is 3.24. The van der Waals surface area contributed by atoms with Crippen LogP contribution in [-0.2, 0) is 14.4 Å². The number of likely N-dealkylation sites (tertiary alicyclic amines) is 1. The van der Waals surface area contributed by atoms with Crippen molar-refractivity contribution in [3.8, 4) is 0 Å². The van der Waals surface area contributed by atoms with Gasteiger partial charge in [-0.05, 0) is 43.9 Å². The van der Waals surface area contributed by atoms with Gasteiger partial charge in [0.1, 0.15) is 0 Å². The quantitative estimate of drug-likeness (QED) is 0.577. The maximum atomic E-state index is 12.4. The average Bonchev–Trinajstić information content (AvgIpc) is 3.54. The Hall–Kier alpha value is -2.32. The topological polar surface area (TPSA) is 108 Å². The van der Waals surface area contributed by atoms with Gasteiger partial charge in [0.2, 0.25) is 17.7 Å². The van der Waals surface area contributed by atoms with Crippen LogP contribution in [0.2, 0.25) is 10.0 Å². The van der Waals surface area contributed by atoms with Gasteiger partial charge in [-0.25, -0.2) is 0 Å². The van der Waals surface area contributed by atoms with Gasteiger partial charge in [0.25, 0.3) is 5.91 Å². The van der Waals surface area contributed by atoms with Gasteiger partial charge in [-0.3, -0.25) is 19.2 Å². The van der Waals surface area contributed by atoms with Gasteiger partial charge in [0, 0.05) is 24.2 Å². The van der Waals surface area contributed by atoms with E-state index in [4.69, 9.17) is 23.2 Å². The Morgan fingerprint density at radius 1 is 1.03 bits per heavy atom. The Kier molecular flexibility index (Phi) is 7.55. The molecule has 3 N–H and O–H groups in total. The molecular formula is C20H24Cl2N4O4. The number of nitrogens with one attached hydrogen (secondary N) is 3. The van der Waals surface area contributed by atoms with Crippen molar-refractivity contribution in [3.05, 3.63) is 33.8 Å². The number of hydrogen-bond donors (Lipinski definition) is 3. The molecule has 1 saturated heterocycles. The molecule has 1 unspecified atom stereocenters. The Labute approximate surface area is 184 Å². The monoisotopic (exact) mass is 454 g/mol. The highest BCUT2D eigenvalue weighted by molar-refractivity contribution is 6.36. The molecule has 1 aliphatic carbocycles. The average molecular weight is 455 g/mol. The number of nitrogens with zero attached hydrogens (tertiary/aromatic N) is 1. The summed E-state index contributed by atoms with van der Waals surface area (Å²) in [4.78, 5) is 50.3. The molecule has 0 bridgehead atoms. The van der Waals surface area contributed by atoms with Crippen LogP contribution in [0.5, 0.6) is 0 Å². The summed E-state index contributed by atoms with van der Waals surface area (Å²) in [7, 11) is 0. The van der Waals surface area contributed by atoms with Gasteiger partial charge in [-0.15, -0.1) is 0 Å². The molecule has 1 saturated carbocycles. The lowest BCUT2D eigenvalue weighted by molar-refractivity contribution is -0.136. The Bertz CT molecular complexity index is 844. The highest BCUT2D eigenvalue weighted by Gasteiger charge is 2.31. The molecule has 3 rings (SSSR count). The first-order valence-electron chi connectivity index (χ1n) is 9.91. The second-order valence-electron chi connectivity index (χ2n) is 7.55. The first-order valence-corrected chi connectivity index (χ1v) is 10.7. The summed E-state index contributed by atoms with van der Waals surface area (Å²) in [6.07, 6.45) is 3.55. The molecule has 0 aromatic heterocycles. The number of hydrogen-bond acceptors (Lipinski definition) is 4. The van der Waals surface area contributed by atoms with Crippen LogP contribution < -0.4 is 16.0 Å². The van der Waals surface area contributed by atoms with Crippen molar-refractivity contribution in [3.63, 3.8) is 0 Å². The van der Waals surface area contributed by atoms with Crippen LogP contribution in [0.3, 0.4) is 0 Å². The predicted octanol–water partition coefficient (Wildman–Crippen LogP) is 1.36. The molecule has 1 atom stereocenters. The molecule has 1 aliphatic heterocycles. The van der Waals surface area contributed by atoms with E-state index in [0.29, 0.717) is 24.2 Å². The van der Waals surface area contributed by atoms with Crippen LogP contribution >= 0.6 is 23.2 Å². The smallest absolute Gasteiger partial charge is 0.253 e. The van der Waals surface area contributed by atoms with Gasteiger partial charge in [-0.2, -0.15) is 0 Å². The van der Waals surface area contributed by atoms with E-state index >= 15 is 0 Å². The summed E-state index contributed by atoms with van der Waals surface area (Å²) < 4.78 is 0. The van der Waals surface area contributed by atoms with Gasteiger partial charge in [-0.1, -0.05) is 23.2 Å². The largest absolute Gasteiger partial charge is 0.353 e. The number of rotatable bonds is 7. The SMILES string of the molecule is O=C(CNC(=O)c1ccc(Cl)cc1Cl)NCC(=O)N1CCCC(C(=O)NC2CC2)C1. The molecule has 30 heavy (non-hydrogen) atoms. The third kappa shape index (κ3) is 6.34. The lowest BCUT2D eigenvalue weighted by Crippen LogP contribution is -2.49. The van der Waals surface area contributed by atoms with E-state index in [1.807, 2.05) is 0 Å². The number of carbonyl (C=O) groups excluding carboxylic acids is 4. The van der Waals surface area contributed by atoms with Crippen molar-refractivity contribution in [2.45, 2.75) is 31.7 Å². The third-order valence-electron chi connectivity index (χ3n) is 5.09. The molecule has 8 nitrogen and oxygen atoms in total. The van der Waals surface area contributed by atoms with E-state index in [1.54, 1.807) is 4.90 Å². The molecule has 162 valence electrons. The van der Waals surface area contributed by atoms with E-state index in [1.165, 1.54) is 18.2 Å². The Balaban J connectivity index is 1.39. The number of halogens is 2. The van der Waals surface area contributed by atoms with Crippen LogP contribution in [0.25, 0.3) is 0 Å². The van der Waals surface area contributed by atoms with Crippen LogP contribution in [0.1, 0.15) is 36.0 Å². The summed E-state index contributed by atoms with van der Waals surface area (Å²) in [6.45, 7) is 0.442. The van der Waals surface area contributed by atoms with Crippen LogP contribution in [0.4, 0.5) is 0 Å². The van der Waals surface area contributed by atoms with Crippen LogP contribution in [0.15, 0.2) is 18.2 Å². The summed E-state index contributed by atoms with van der Waals surface area (Å²) in [5, 5.41) is 8.51. The fourth-order valence-corrected chi connectivity index (χ4v) is 3.74. The molecular weight excluding hydrogens is 431 g/mol. The number of amides is 4. The van der Waals surface area contributed by atoms with Gasteiger partial charge >= 0.3 is 0 Å². The summed E-state index contributed by atoms with van der Waals surface area (Å²) in [5.41, 5.74) is 0.203. The molecule has 2 fully saturated rings. The first kappa shape index (κ1) is 22.4. The van der Waals surface area contributed by atoms with Crippen molar-refractivity contribution in [1.82, 2.24) is 20.9 Å². The van der Waals surface area contributed by atoms with Crippen molar-refractivity contribution in [2.75, 3.05) is 26.2 Å². The molecule has 1 aromatic rings. The zero-order chi connectivity index (χ0) is 21.7. The summed E-state index contributed by atoms with van der Waals surface area (Å²) in [6, 6.07) is 4.72. The zero-order valence-corrected chi connectivity index (χ0v) is 17.9. The zero-order valence-electron chi connectivity index (χ0n) is 16.4. The van der Waals surface area contributed by atoms with Crippen molar-refractivity contribution in [2.24, 2.45) is 5.92 Å². The number of benzene rings is 1. The maximum absolute atomic E-state index is 12.4. The van der Waals surface area contributed by atoms with Gasteiger partial charge in [0.05, 0.1) is 29.6 Å². The highest BCUT2D eigenvalue weighted by Crippen LogP contribution is 2.22. The Morgan fingerprint density at radius 3 is 2.50 bits per heavy atom. The minimum Gasteiger partial charge on any atom is -0.353 e. The predicted molar refractivity (Wildman–Crippen MR) is 112 cm³/mol. The van der Waals surface area contributed by atoms with Crippen LogP contribution in [0, 0.1) is 5.92 Å². The standard InChI is InChI=1S/C20H24Cl2N4O4/c21-13-3-6-15(16(22)8-13)20(30)24-9-17(27)23-10-18(28)26-7-1-2-12(11-26)19(29)25-14-4-5-14/h3,6,8,12,14H,1-2,4-5,7,9-11H2,(H,23,27)(H,24,30)(H,25,29). The molecule has 2 aliphatic rings. The number of carbonyl (C=O) groups is 4. The van der Waals surface area contributed by atoms with E-state index in [-0.39, 0.29) is 41.4 Å². The molecule has 1 heterocycles. The maximum Gasteiger partial charge on any atom is 0.253 e. The minimum absolute atomic E-state index is 0.00242. The summed E-state index contributed by atoms with van der Waals surface area (Å²) >= 11 is 11.8.